The van der Waals surface area contributed by atoms with Crippen LogP contribution in [0.25, 0.3) is 23.0 Å². The molecule has 0 bridgehead atoms. The van der Waals surface area contributed by atoms with E-state index in [0.717, 1.165) is 0 Å². The van der Waals surface area contributed by atoms with Crippen molar-refractivity contribution in [2.75, 3.05) is 6.61 Å². The minimum absolute atomic E-state index is 0.00974. The van der Waals surface area contributed by atoms with E-state index < -0.39 is 0 Å². The third kappa shape index (κ3) is 2.59. The Balaban J connectivity index is 1.60. The van der Waals surface area contributed by atoms with Crippen LogP contribution in [0, 0.1) is 0 Å². The smallest absolute Gasteiger partial charge is 0.278 e. The summed E-state index contributed by atoms with van der Waals surface area (Å²) in [6, 6.07) is 2.39. The second kappa shape index (κ2) is 5.89. The van der Waals surface area contributed by atoms with E-state index in [2.05, 4.69) is 36.3 Å². The molecule has 0 saturated heterocycles. The molecule has 0 atom stereocenters. The quantitative estimate of drug-likeness (QED) is 0.731. The van der Waals surface area contributed by atoms with Crippen LogP contribution in [0.15, 0.2) is 27.6 Å². The van der Waals surface area contributed by atoms with E-state index in [1.165, 1.54) is 19.3 Å². The molecule has 0 radical (unpaired) electrons. The van der Waals surface area contributed by atoms with Gasteiger partial charge in [-0.25, -0.2) is 0 Å². The fourth-order valence-electron chi connectivity index (χ4n) is 2.51. The number of hydrogen-bond donors (Lipinski definition) is 1. The third-order valence-corrected chi connectivity index (χ3v) is 4.87. The summed E-state index contributed by atoms with van der Waals surface area (Å²) < 4.78 is 9.64. The van der Waals surface area contributed by atoms with Gasteiger partial charge in [-0.2, -0.15) is 15.2 Å². The van der Waals surface area contributed by atoms with Crippen LogP contribution in [-0.4, -0.2) is 41.4 Å². The average Bonchev–Trinajstić information content (AvgIpc) is 3.18. The second-order valence-electron chi connectivity index (χ2n) is 5.48. The van der Waals surface area contributed by atoms with Gasteiger partial charge in [-0.3, -0.25) is 9.36 Å². The van der Waals surface area contributed by atoms with E-state index in [9.17, 15) is 0 Å². The highest BCUT2D eigenvalue weighted by Gasteiger charge is 2.22. The van der Waals surface area contributed by atoms with E-state index in [1.54, 1.807) is 10.9 Å². The van der Waals surface area contributed by atoms with Gasteiger partial charge in [-0.1, -0.05) is 5.16 Å². The summed E-state index contributed by atoms with van der Waals surface area (Å²) in [4.78, 5) is 4.40. The monoisotopic (exact) mass is 378 g/mol. The Bertz CT molecular complexity index is 819. The summed E-state index contributed by atoms with van der Waals surface area (Å²) in [5.74, 6) is 0.828. The van der Waals surface area contributed by atoms with Gasteiger partial charge in [0.1, 0.15) is 4.60 Å². The lowest BCUT2D eigenvalue weighted by Crippen LogP contribution is -2.17. The number of nitrogens with zero attached hydrogens (tertiary/aromatic N) is 6. The Morgan fingerprint density at radius 1 is 1.39 bits per heavy atom. The van der Waals surface area contributed by atoms with Crippen molar-refractivity contribution in [1.29, 1.82) is 0 Å². The lowest BCUT2D eigenvalue weighted by atomic mass is 9.93. The lowest BCUT2D eigenvalue weighted by molar-refractivity contribution is 0.268. The van der Waals surface area contributed by atoms with Crippen molar-refractivity contribution in [2.24, 2.45) is 0 Å². The fraction of sp³-hybridized carbons (Fsp3) is 0.429. The van der Waals surface area contributed by atoms with Crippen molar-refractivity contribution in [2.45, 2.75) is 31.8 Å². The minimum atomic E-state index is 0.00974. The third-order valence-electron chi connectivity index (χ3n) is 4.03. The summed E-state index contributed by atoms with van der Waals surface area (Å²) in [5.41, 5.74) is 1.39. The van der Waals surface area contributed by atoms with E-state index in [-0.39, 0.29) is 6.61 Å². The molecule has 1 aliphatic rings. The molecule has 23 heavy (non-hydrogen) atoms. The maximum absolute atomic E-state index is 9.01. The highest BCUT2D eigenvalue weighted by molar-refractivity contribution is 9.10. The maximum Gasteiger partial charge on any atom is 0.278 e. The molecule has 4 rings (SSSR count). The maximum atomic E-state index is 9.01. The predicted octanol–water partition coefficient (Wildman–Crippen LogP) is 2.28. The molecule has 0 aliphatic heterocycles. The first-order chi connectivity index (χ1) is 11.3. The lowest BCUT2D eigenvalue weighted by Gasteiger charge is -2.25. The summed E-state index contributed by atoms with van der Waals surface area (Å²) in [6.45, 7) is 0.410. The number of aliphatic hydroxyl groups excluding tert-OH is 1. The fourth-order valence-corrected chi connectivity index (χ4v) is 3.06. The molecule has 3 heterocycles. The van der Waals surface area contributed by atoms with Gasteiger partial charge in [-0.05, 0) is 41.3 Å². The topological polar surface area (TPSA) is 94.8 Å². The zero-order valence-electron chi connectivity index (χ0n) is 12.3. The molecular formula is C14H15BrN6O2. The number of aliphatic hydroxyl groups is 1. The number of halogens is 1. The Morgan fingerprint density at radius 3 is 3.00 bits per heavy atom. The molecule has 1 fully saturated rings. The minimum Gasteiger partial charge on any atom is -0.394 e. The summed E-state index contributed by atoms with van der Waals surface area (Å²) in [7, 11) is 0. The van der Waals surface area contributed by atoms with Crippen molar-refractivity contribution in [3.05, 3.63) is 23.1 Å². The molecule has 0 aromatic carbocycles. The van der Waals surface area contributed by atoms with Gasteiger partial charge < -0.3 is 9.63 Å². The van der Waals surface area contributed by atoms with Crippen LogP contribution in [0.5, 0.6) is 0 Å². The van der Waals surface area contributed by atoms with E-state index in [0.29, 0.717) is 40.2 Å². The molecule has 1 aliphatic carbocycles. The molecule has 0 amide bonds. The van der Waals surface area contributed by atoms with Crippen LogP contribution in [-0.2, 0) is 6.54 Å². The van der Waals surface area contributed by atoms with Crippen molar-refractivity contribution >= 4 is 15.9 Å². The standard InChI is InChI=1S/C14H15BrN6O2/c15-12-10(8-16-21(12)6-7-22)13-17-14(23-19-13)11-4-5-20(18-11)9-2-1-3-9/h4-5,8-9,22H,1-3,6-7H2. The van der Waals surface area contributed by atoms with Crippen LogP contribution >= 0.6 is 15.9 Å². The van der Waals surface area contributed by atoms with Crippen molar-refractivity contribution in [1.82, 2.24) is 29.7 Å². The summed E-state index contributed by atoms with van der Waals surface area (Å²) in [6.07, 6.45) is 7.20. The van der Waals surface area contributed by atoms with Crippen LogP contribution in [0.2, 0.25) is 0 Å². The largest absolute Gasteiger partial charge is 0.394 e. The number of hydrogen-bond acceptors (Lipinski definition) is 6. The molecule has 8 nitrogen and oxygen atoms in total. The average molecular weight is 379 g/mol. The molecular weight excluding hydrogens is 364 g/mol. The van der Waals surface area contributed by atoms with Crippen molar-refractivity contribution in [3.8, 4) is 23.0 Å². The first-order valence-electron chi connectivity index (χ1n) is 7.48. The Labute approximate surface area is 140 Å². The van der Waals surface area contributed by atoms with E-state index in [1.807, 2.05) is 16.9 Å². The molecule has 120 valence electrons. The van der Waals surface area contributed by atoms with Crippen LogP contribution in [0.1, 0.15) is 25.3 Å². The summed E-state index contributed by atoms with van der Waals surface area (Å²) in [5, 5.41) is 21.7. The number of rotatable bonds is 5. The Kier molecular flexibility index (Phi) is 3.74. The Hall–Kier alpha value is -2.00. The number of aromatic nitrogens is 6. The normalized spacial score (nSPS) is 15.0. The molecule has 3 aromatic rings. The predicted molar refractivity (Wildman–Crippen MR) is 84.4 cm³/mol. The van der Waals surface area contributed by atoms with Crippen LogP contribution < -0.4 is 0 Å². The van der Waals surface area contributed by atoms with Crippen molar-refractivity contribution in [3.63, 3.8) is 0 Å². The first-order valence-corrected chi connectivity index (χ1v) is 8.27. The Morgan fingerprint density at radius 2 is 2.26 bits per heavy atom. The molecule has 9 heteroatoms. The second-order valence-corrected chi connectivity index (χ2v) is 6.24. The van der Waals surface area contributed by atoms with E-state index in [4.69, 9.17) is 9.63 Å². The first kappa shape index (κ1) is 14.6. The molecule has 0 spiro atoms. The van der Waals surface area contributed by atoms with Gasteiger partial charge in [-0.15, -0.1) is 0 Å². The van der Waals surface area contributed by atoms with Gasteiger partial charge in [0.15, 0.2) is 5.69 Å². The van der Waals surface area contributed by atoms with E-state index >= 15 is 0 Å². The molecule has 0 unspecified atom stereocenters. The zero-order chi connectivity index (χ0) is 15.8. The van der Waals surface area contributed by atoms with Crippen LogP contribution in [0.3, 0.4) is 0 Å². The van der Waals surface area contributed by atoms with Crippen molar-refractivity contribution < 1.29 is 9.63 Å². The molecule has 1 N–H and O–H groups in total. The highest BCUT2D eigenvalue weighted by Crippen LogP contribution is 2.32. The van der Waals surface area contributed by atoms with Gasteiger partial charge in [0.25, 0.3) is 5.89 Å². The van der Waals surface area contributed by atoms with Gasteiger partial charge in [0, 0.05) is 6.20 Å². The van der Waals surface area contributed by atoms with Gasteiger partial charge in [0.2, 0.25) is 5.82 Å². The molecule has 1 saturated carbocycles. The SMILES string of the molecule is OCCn1ncc(-c2noc(-c3ccn(C4CCC4)n3)n2)c1Br. The highest BCUT2D eigenvalue weighted by atomic mass is 79.9. The van der Waals surface area contributed by atoms with Gasteiger partial charge >= 0.3 is 0 Å². The van der Waals surface area contributed by atoms with Crippen LogP contribution in [0.4, 0.5) is 0 Å². The van der Waals surface area contributed by atoms with Gasteiger partial charge in [0.05, 0.1) is 31.0 Å². The summed E-state index contributed by atoms with van der Waals surface area (Å²) >= 11 is 3.44. The molecule has 3 aromatic heterocycles. The zero-order valence-corrected chi connectivity index (χ0v) is 13.8.